The van der Waals surface area contributed by atoms with Crippen molar-refractivity contribution in [2.45, 2.75) is 57.8 Å². The molecule has 4 bridgehead atoms. The van der Waals surface area contributed by atoms with E-state index in [4.69, 9.17) is 0 Å². The minimum Gasteiger partial charge on any atom is -0.346 e. The van der Waals surface area contributed by atoms with Crippen LogP contribution in [0, 0.1) is 29.6 Å². The van der Waals surface area contributed by atoms with E-state index in [0.717, 1.165) is 37.1 Å². The van der Waals surface area contributed by atoms with Crippen LogP contribution in [-0.2, 0) is 10.2 Å². The van der Waals surface area contributed by atoms with E-state index in [-0.39, 0.29) is 5.41 Å². The summed E-state index contributed by atoms with van der Waals surface area (Å²) in [7, 11) is 1.99. The largest absolute Gasteiger partial charge is 0.346 e. The first-order valence-corrected chi connectivity index (χ1v) is 10.4. The number of amides is 1. The first-order chi connectivity index (χ1) is 12.1. The van der Waals surface area contributed by atoms with Gasteiger partial charge in [0.15, 0.2) is 0 Å². The highest BCUT2D eigenvalue weighted by molar-refractivity contribution is 5.78. The Morgan fingerprint density at radius 1 is 1.08 bits per heavy atom. The van der Waals surface area contributed by atoms with Gasteiger partial charge in [-0.15, -0.1) is 0 Å². The first-order valence-electron chi connectivity index (χ1n) is 10.4. The molecule has 0 saturated heterocycles. The fourth-order valence-corrected chi connectivity index (χ4v) is 6.72. The lowest BCUT2D eigenvalue weighted by molar-refractivity contribution is -0.141. The van der Waals surface area contributed by atoms with Gasteiger partial charge in [0, 0.05) is 25.4 Å². The van der Waals surface area contributed by atoms with Gasteiger partial charge in [0.05, 0.1) is 0 Å². The molecule has 4 fully saturated rings. The zero-order chi connectivity index (χ0) is 17.6. The van der Waals surface area contributed by atoms with Crippen molar-refractivity contribution in [1.82, 2.24) is 4.90 Å². The van der Waals surface area contributed by atoms with Crippen molar-refractivity contribution >= 4 is 5.91 Å². The summed E-state index contributed by atoms with van der Waals surface area (Å²) in [4.78, 5) is 15.1. The Balaban J connectivity index is 1.70. The highest BCUT2D eigenvalue weighted by Crippen LogP contribution is 2.65. The first kappa shape index (κ1) is 17.1. The smallest absolute Gasteiger partial charge is 0.223 e. The maximum Gasteiger partial charge on any atom is 0.223 e. The zero-order valence-corrected chi connectivity index (χ0v) is 16.1. The van der Waals surface area contributed by atoms with Crippen LogP contribution in [0.15, 0.2) is 30.3 Å². The van der Waals surface area contributed by atoms with Gasteiger partial charge in [0.1, 0.15) is 0 Å². The molecule has 25 heavy (non-hydrogen) atoms. The number of carbonyl (C=O) groups excluding carboxylic acids is 1. The van der Waals surface area contributed by atoms with E-state index < -0.39 is 0 Å². The van der Waals surface area contributed by atoms with Crippen LogP contribution in [0.25, 0.3) is 0 Å². The summed E-state index contributed by atoms with van der Waals surface area (Å²) >= 11 is 0. The van der Waals surface area contributed by atoms with Crippen molar-refractivity contribution < 1.29 is 4.79 Å². The maximum absolute atomic E-state index is 13.1. The Morgan fingerprint density at radius 3 is 2.16 bits per heavy atom. The minimum atomic E-state index is 0.0908. The van der Waals surface area contributed by atoms with Gasteiger partial charge in [-0.25, -0.2) is 0 Å². The summed E-state index contributed by atoms with van der Waals surface area (Å²) in [6.07, 6.45) is 7.12. The molecule has 2 nitrogen and oxygen atoms in total. The molecule has 5 rings (SSSR count). The topological polar surface area (TPSA) is 20.3 Å². The maximum atomic E-state index is 13.1. The van der Waals surface area contributed by atoms with Crippen LogP contribution < -0.4 is 0 Å². The van der Waals surface area contributed by atoms with Crippen molar-refractivity contribution in [1.29, 1.82) is 0 Å². The van der Waals surface area contributed by atoms with Crippen LogP contribution in [0.1, 0.15) is 57.9 Å². The van der Waals surface area contributed by atoms with E-state index in [1.165, 1.54) is 31.2 Å². The standard InChI is InChI=1S/C23H33NO/c1-4-10-24(3)22(25)15-23(19-8-6-5-7-9-19)20-11-17-12-21(23)14-18(13-20)16(17)2/h5-9,16-18,20-21H,4,10-15H2,1-3H3. The average Bonchev–Trinajstić information content (AvgIpc) is 2.60. The van der Waals surface area contributed by atoms with Crippen LogP contribution in [-0.4, -0.2) is 24.4 Å². The van der Waals surface area contributed by atoms with Crippen molar-refractivity contribution in [3.8, 4) is 0 Å². The second-order valence-corrected chi connectivity index (χ2v) is 9.11. The van der Waals surface area contributed by atoms with Crippen molar-refractivity contribution in [2.24, 2.45) is 29.6 Å². The second kappa shape index (κ2) is 6.45. The number of hydrogen-bond donors (Lipinski definition) is 0. The van der Waals surface area contributed by atoms with Crippen LogP contribution in [0.2, 0.25) is 0 Å². The molecule has 0 spiro atoms. The van der Waals surface area contributed by atoms with Gasteiger partial charge in [-0.1, -0.05) is 44.2 Å². The summed E-state index contributed by atoms with van der Waals surface area (Å²) in [5, 5.41) is 0. The summed E-state index contributed by atoms with van der Waals surface area (Å²) in [5.74, 6) is 4.47. The number of hydrogen-bond acceptors (Lipinski definition) is 1. The molecule has 4 aliphatic rings. The molecule has 0 atom stereocenters. The van der Waals surface area contributed by atoms with Gasteiger partial charge < -0.3 is 4.90 Å². The van der Waals surface area contributed by atoms with Gasteiger partial charge in [0.25, 0.3) is 0 Å². The Morgan fingerprint density at radius 2 is 1.64 bits per heavy atom. The van der Waals surface area contributed by atoms with E-state index in [2.05, 4.69) is 44.2 Å². The van der Waals surface area contributed by atoms with Gasteiger partial charge in [-0.2, -0.15) is 0 Å². The predicted molar refractivity (Wildman–Crippen MR) is 102 cm³/mol. The summed E-state index contributed by atoms with van der Waals surface area (Å²) in [6, 6.07) is 11.1. The molecule has 0 aromatic heterocycles. The van der Waals surface area contributed by atoms with E-state index >= 15 is 0 Å². The number of carbonyl (C=O) groups is 1. The summed E-state index contributed by atoms with van der Waals surface area (Å²) in [6.45, 7) is 5.51. The van der Waals surface area contributed by atoms with Crippen LogP contribution in [0.3, 0.4) is 0 Å². The predicted octanol–water partition coefficient (Wildman–Crippen LogP) is 4.89. The quantitative estimate of drug-likeness (QED) is 0.748. The SMILES string of the molecule is CCCN(C)C(=O)CC1(c2ccccc2)C2CC3CC1CC(C2)C3C. The normalized spacial score (nSPS) is 38.8. The molecule has 0 N–H and O–H groups in total. The molecule has 2 heteroatoms. The fourth-order valence-electron chi connectivity index (χ4n) is 6.72. The summed E-state index contributed by atoms with van der Waals surface area (Å²) < 4.78 is 0. The fraction of sp³-hybridized carbons (Fsp3) is 0.696. The minimum absolute atomic E-state index is 0.0908. The van der Waals surface area contributed by atoms with Crippen molar-refractivity contribution in [3.05, 3.63) is 35.9 Å². The van der Waals surface area contributed by atoms with Gasteiger partial charge in [-0.05, 0) is 67.3 Å². The molecule has 4 aliphatic carbocycles. The average molecular weight is 340 g/mol. The molecule has 0 radical (unpaired) electrons. The molecule has 1 amide bonds. The third-order valence-electron chi connectivity index (χ3n) is 8.03. The third kappa shape index (κ3) is 2.64. The molecule has 0 unspecified atom stereocenters. The Labute approximate surface area is 153 Å². The number of rotatable bonds is 5. The van der Waals surface area contributed by atoms with Crippen LogP contribution >= 0.6 is 0 Å². The Hall–Kier alpha value is -1.31. The van der Waals surface area contributed by atoms with Gasteiger partial charge >= 0.3 is 0 Å². The van der Waals surface area contributed by atoms with Gasteiger partial charge in [-0.3, -0.25) is 4.79 Å². The molecular formula is C23H33NO. The molecule has 4 saturated carbocycles. The molecule has 0 aliphatic heterocycles. The Bertz CT molecular complexity index is 592. The molecule has 0 heterocycles. The molecule has 1 aromatic rings. The van der Waals surface area contributed by atoms with Crippen molar-refractivity contribution in [2.75, 3.05) is 13.6 Å². The molecule has 136 valence electrons. The molecule has 1 aromatic carbocycles. The lowest BCUT2D eigenvalue weighted by atomic mass is 9.41. The number of benzene rings is 1. The lowest BCUT2D eigenvalue weighted by Gasteiger charge is -2.63. The highest BCUT2D eigenvalue weighted by Gasteiger charge is 2.60. The van der Waals surface area contributed by atoms with Crippen molar-refractivity contribution in [3.63, 3.8) is 0 Å². The van der Waals surface area contributed by atoms with Crippen LogP contribution in [0.4, 0.5) is 0 Å². The van der Waals surface area contributed by atoms with E-state index in [0.29, 0.717) is 17.7 Å². The highest BCUT2D eigenvalue weighted by atomic mass is 16.2. The van der Waals surface area contributed by atoms with E-state index in [9.17, 15) is 4.79 Å². The van der Waals surface area contributed by atoms with Gasteiger partial charge in [0.2, 0.25) is 5.91 Å². The van der Waals surface area contributed by atoms with Crippen LogP contribution in [0.5, 0.6) is 0 Å². The monoisotopic (exact) mass is 339 g/mol. The zero-order valence-electron chi connectivity index (χ0n) is 16.1. The molecular weight excluding hydrogens is 306 g/mol. The van der Waals surface area contributed by atoms with E-state index in [1.807, 2.05) is 11.9 Å². The van der Waals surface area contributed by atoms with E-state index in [1.54, 1.807) is 0 Å². The second-order valence-electron chi connectivity index (χ2n) is 9.11. The lowest BCUT2D eigenvalue weighted by Crippen LogP contribution is -2.59. The summed E-state index contributed by atoms with van der Waals surface area (Å²) in [5.41, 5.74) is 1.53. The number of nitrogens with zero attached hydrogens (tertiary/aromatic N) is 1. The Kier molecular flexibility index (Phi) is 4.42. The third-order valence-corrected chi connectivity index (χ3v) is 8.03.